The van der Waals surface area contributed by atoms with E-state index in [4.69, 9.17) is 23.2 Å². The Kier molecular flexibility index (Phi) is 8.75. The van der Waals surface area contributed by atoms with Crippen LogP contribution in [-0.4, -0.2) is 5.33 Å². The molecule has 0 aromatic rings. The summed E-state index contributed by atoms with van der Waals surface area (Å²) in [5, 5.41) is 0.926. The van der Waals surface area contributed by atoms with Crippen LogP contribution in [0.3, 0.4) is 0 Å². The lowest BCUT2D eigenvalue weighted by Crippen LogP contribution is -1.78. The predicted octanol–water partition coefficient (Wildman–Crippen LogP) is 5.37. The van der Waals surface area contributed by atoms with E-state index in [1.807, 2.05) is 6.92 Å². The van der Waals surface area contributed by atoms with Gasteiger partial charge in [-0.05, 0) is 32.8 Å². The largest absolute Gasteiger partial charge is 0.107 e. The molecule has 3 heteroatoms. The van der Waals surface area contributed by atoms with Crippen LogP contribution in [0, 0.1) is 0 Å². The molecule has 80 valence electrons. The molecule has 0 heterocycles. The average Bonchev–Trinajstić information content (AvgIpc) is 2.02. The first-order valence-corrected chi connectivity index (χ1v) is 6.35. The molecule has 0 aliphatic heterocycles. The van der Waals surface area contributed by atoms with Crippen LogP contribution in [0.2, 0.25) is 0 Å². The normalized spacial score (nSPS) is 12.9. The lowest BCUT2D eigenvalue weighted by molar-refractivity contribution is 0.968. The topological polar surface area (TPSA) is 0 Å². The second-order valence-electron chi connectivity index (χ2n) is 3.13. The number of alkyl halides is 1. The summed E-state index contributed by atoms with van der Waals surface area (Å²) in [7, 11) is 0. The van der Waals surface area contributed by atoms with Crippen molar-refractivity contribution in [3.63, 3.8) is 0 Å². The molecule has 0 aliphatic rings. The van der Waals surface area contributed by atoms with Crippen molar-refractivity contribution in [2.75, 3.05) is 5.33 Å². The molecule has 0 rings (SSSR count). The number of hydrogen-bond acceptors (Lipinski definition) is 0. The standard InChI is InChI=1S/C11H15BrCl2/c1-9(6-7-12)4-3-5-10(2)8-11(13)14/h5-6,8H,3-4,7H2,1-2H3. The smallest absolute Gasteiger partial charge is 0.0883 e. The number of halogens is 3. The Morgan fingerprint density at radius 3 is 2.36 bits per heavy atom. The summed E-state index contributed by atoms with van der Waals surface area (Å²) in [4.78, 5) is 0. The molecule has 0 unspecified atom stereocenters. The molecule has 14 heavy (non-hydrogen) atoms. The molecule has 0 radical (unpaired) electrons. The van der Waals surface area contributed by atoms with Crippen molar-refractivity contribution >= 4 is 39.1 Å². The van der Waals surface area contributed by atoms with Crippen molar-refractivity contribution in [3.8, 4) is 0 Å². The van der Waals surface area contributed by atoms with Gasteiger partial charge in [-0.1, -0.05) is 62.4 Å². The van der Waals surface area contributed by atoms with E-state index in [0.29, 0.717) is 4.49 Å². The highest BCUT2D eigenvalue weighted by atomic mass is 79.9. The van der Waals surface area contributed by atoms with Crippen LogP contribution < -0.4 is 0 Å². The number of allylic oxidation sites excluding steroid dienone is 5. The summed E-state index contributed by atoms with van der Waals surface area (Å²) < 4.78 is 0.312. The van der Waals surface area contributed by atoms with Crippen molar-refractivity contribution in [1.29, 1.82) is 0 Å². The monoisotopic (exact) mass is 296 g/mol. The first kappa shape index (κ1) is 14.3. The summed E-state index contributed by atoms with van der Waals surface area (Å²) >= 11 is 14.4. The second-order valence-corrected chi connectivity index (χ2v) is 4.78. The van der Waals surface area contributed by atoms with Gasteiger partial charge in [-0.15, -0.1) is 0 Å². The van der Waals surface area contributed by atoms with Gasteiger partial charge in [-0.25, -0.2) is 0 Å². The third-order valence-electron chi connectivity index (χ3n) is 1.77. The Bertz CT molecular complexity index is 248. The van der Waals surface area contributed by atoms with E-state index in [1.165, 1.54) is 5.57 Å². The fourth-order valence-electron chi connectivity index (χ4n) is 0.992. The average molecular weight is 298 g/mol. The molecule has 0 saturated heterocycles. The molecule has 0 N–H and O–H groups in total. The van der Waals surface area contributed by atoms with Crippen LogP contribution in [0.5, 0.6) is 0 Å². The molecule has 0 atom stereocenters. The van der Waals surface area contributed by atoms with Gasteiger partial charge in [-0.3, -0.25) is 0 Å². The molecule has 0 saturated carbocycles. The molecular formula is C11H15BrCl2. The maximum Gasteiger partial charge on any atom is 0.107 e. The second kappa shape index (κ2) is 8.58. The third kappa shape index (κ3) is 8.86. The van der Waals surface area contributed by atoms with Gasteiger partial charge >= 0.3 is 0 Å². The van der Waals surface area contributed by atoms with Crippen LogP contribution in [0.25, 0.3) is 0 Å². The van der Waals surface area contributed by atoms with Crippen molar-refractivity contribution in [2.45, 2.75) is 26.7 Å². The van der Waals surface area contributed by atoms with Crippen LogP contribution in [0.1, 0.15) is 26.7 Å². The van der Waals surface area contributed by atoms with E-state index in [-0.39, 0.29) is 0 Å². The maximum absolute atomic E-state index is 5.53. The fourth-order valence-corrected chi connectivity index (χ4v) is 1.89. The zero-order valence-corrected chi connectivity index (χ0v) is 11.6. The van der Waals surface area contributed by atoms with Gasteiger partial charge in [0.25, 0.3) is 0 Å². The molecule has 0 fully saturated rings. The maximum atomic E-state index is 5.53. The summed E-state index contributed by atoms with van der Waals surface area (Å²) in [6, 6.07) is 0. The molecule has 0 aromatic carbocycles. The van der Waals surface area contributed by atoms with Crippen LogP contribution in [-0.2, 0) is 0 Å². The number of hydrogen-bond donors (Lipinski definition) is 0. The van der Waals surface area contributed by atoms with Gasteiger partial charge in [-0.2, -0.15) is 0 Å². The summed E-state index contributed by atoms with van der Waals surface area (Å²) in [6.45, 7) is 4.13. The van der Waals surface area contributed by atoms with Crippen molar-refractivity contribution in [3.05, 3.63) is 33.9 Å². The van der Waals surface area contributed by atoms with Crippen LogP contribution in [0.15, 0.2) is 33.9 Å². The zero-order chi connectivity index (χ0) is 11.0. The SMILES string of the molecule is CC(C=C(Cl)Cl)=CCCC(C)=CCBr. The first-order valence-electron chi connectivity index (χ1n) is 4.47. The predicted molar refractivity (Wildman–Crippen MR) is 70.3 cm³/mol. The van der Waals surface area contributed by atoms with Crippen LogP contribution >= 0.6 is 39.1 Å². The van der Waals surface area contributed by atoms with Gasteiger partial charge in [0.15, 0.2) is 0 Å². The van der Waals surface area contributed by atoms with E-state index in [0.717, 1.165) is 23.7 Å². The third-order valence-corrected chi connectivity index (χ3v) is 2.31. The molecule has 0 spiro atoms. The van der Waals surface area contributed by atoms with E-state index in [2.05, 4.69) is 35.0 Å². The molecule has 0 nitrogen and oxygen atoms in total. The number of rotatable bonds is 5. The highest BCUT2D eigenvalue weighted by molar-refractivity contribution is 9.09. The lowest BCUT2D eigenvalue weighted by Gasteiger charge is -1.97. The van der Waals surface area contributed by atoms with E-state index >= 15 is 0 Å². The highest BCUT2D eigenvalue weighted by Gasteiger charge is 1.89. The molecule has 0 aliphatic carbocycles. The Morgan fingerprint density at radius 2 is 1.86 bits per heavy atom. The summed E-state index contributed by atoms with van der Waals surface area (Å²) in [6.07, 6.45) is 8.17. The van der Waals surface area contributed by atoms with E-state index in [9.17, 15) is 0 Å². The summed E-state index contributed by atoms with van der Waals surface area (Å²) in [5.41, 5.74) is 2.50. The fraction of sp³-hybridized carbons (Fsp3) is 0.455. The quantitative estimate of drug-likeness (QED) is 0.363. The zero-order valence-electron chi connectivity index (χ0n) is 8.49. The van der Waals surface area contributed by atoms with Crippen molar-refractivity contribution in [2.24, 2.45) is 0 Å². The first-order chi connectivity index (χ1) is 6.56. The Balaban J connectivity index is 3.94. The van der Waals surface area contributed by atoms with Gasteiger partial charge in [0.1, 0.15) is 4.49 Å². The minimum Gasteiger partial charge on any atom is -0.0883 e. The van der Waals surface area contributed by atoms with Gasteiger partial charge < -0.3 is 0 Å². The Morgan fingerprint density at radius 1 is 1.21 bits per heavy atom. The van der Waals surface area contributed by atoms with Crippen molar-refractivity contribution in [1.82, 2.24) is 0 Å². The van der Waals surface area contributed by atoms with E-state index in [1.54, 1.807) is 6.08 Å². The molecule has 0 amide bonds. The minimum absolute atomic E-state index is 0.312. The molecular weight excluding hydrogens is 283 g/mol. The van der Waals surface area contributed by atoms with E-state index < -0.39 is 0 Å². The Labute approximate surface area is 105 Å². The summed E-state index contributed by atoms with van der Waals surface area (Å²) in [5.74, 6) is 0. The molecule has 0 aromatic heterocycles. The van der Waals surface area contributed by atoms with Gasteiger partial charge in [0.05, 0.1) is 0 Å². The van der Waals surface area contributed by atoms with Gasteiger partial charge in [0.2, 0.25) is 0 Å². The Hall–Kier alpha value is 0.280. The van der Waals surface area contributed by atoms with Crippen LogP contribution in [0.4, 0.5) is 0 Å². The molecule has 0 bridgehead atoms. The van der Waals surface area contributed by atoms with Crippen molar-refractivity contribution < 1.29 is 0 Å². The highest BCUT2D eigenvalue weighted by Crippen LogP contribution is 2.12. The van der Waals surface area contributed by atoms with Gasteiger partial charge in [0, 0.05) is 5.33 Å². The minimum atomic E-state index is 0.312. The lowest BCUT2D eigenvalue weighted by atomic mass is 10.1.